The van der Waals surface area contributed by atoms with Gasteiger partial charge in [-0.25, -0.2) is 4.98 Å². The van der Waals surface area contributed by atoms with Crippen LogP contribution in [0.4, 0.5) is 0 Å². The second-order valence-electron chi connectivity index (χ2n) is 3.87. The molecule has 0 aliphatic heterocycles. The van der Waals surface area contributed by atoms with E-state index in [1.54, 1.807) is 6.20 Å². The Morgan fingerprint density at radius 3 is 2.94 bits per heavy atom. The third-order valence-corrected chi connectivity index (χ3v) is 3.21. The van der Waals surface area contributed by atoms with Gasteiger partial charge in [-0.15, -0.1) is 0 Å². The molecule has 0 spiro atoms. The van der Waals surface area contributed by atoms with Gasteiger partial charge in [-0.2, -0.15) is 0 Å². The molecule has 3 N–H and O–H groups in total. The number of hydrogen-bond donors (Lipinski definition) is 2. The molecule has 84 valence electrons. The van der Waals surface area contributed by atoms with Crippen LogP contribution in [0, 0.1) is 6.92 Å². The zero-order valence-corrected chi connectivity index (χ0v) is 10.7. The van der Waals surface area contributed by atoms with Crippen molar-refractivity contribution in [3.63, 3.8) is 0 Å². The van der Waals surface area contributed by atoms with E-state index < -0.39 is 0 Å². The molecule has 3 nitrogen and oxygen atoms in total. The van der Waals surface area contributed by atoms with E-state index in [9.17, 15) is 0 Å². The lowest BCUT2D eigenvalue weighted by molar-refractivity contribution is 0.691. The number of aromatic nitrogens is 2. The molecule has 1 unspecified atom stereocenters. The highest BCUT2D eigenvalue weighted by Crippen LogP contribution is 2.24. The molecule has 1 atom stereocenters. The third-order valence-electron chi connectivity index (χ3n) is 2.52. The van der Waals surface area contributed by atoms with Crippen LogP contribution in [-0.4, -0.2) is 9.97 Å². The molecular formula is C12H14BrN3. The fourth-order valence-corrected chi connectivity index (χ4v) is 2.45. The van der Waals surface area contributed by atoms with E-state index in [1.807, 2.05) is 6.20 Å². The Bertz CT molecular complexity index is 465. The largest absolute Gasteiger partial charge is 0.349 e. The van der Waals surface area contributed by atoms with Crippen molar-refractivity contribution >= 4 is 15.9 Å². The number of rotatable bonds is 3. The molecule has 0 aliphatic rings. The minimum Gasteiger partial charge on any atom is -0.349 e. The first-order valence-electron chi connectivity index (χ1n) is 5.16. The molecule has 2 rings (SSSR count). The molecule has 0 aliphatic carbocycles. The van der Waals surface area contributed by atoms with Gasteiger partial charge < -0.3 is 10.7 Å². The summed E-state index contributed by atoms with van der Waals surface area (Å²) in [4.78, 5) is 7.24. The van der Waals surface area contributed by atoms with Gasteiger partial charge in [0, 0.05) is 29.3 Å². The first kappa shape index (κ1) is 11.4. The first-order chi connectivity index (χ1) is 7.66. The van der Waals surface area contributed by atoms with Crippen molar-refractivity contribution in [2.24, 2.45) is 5.73 Å². The third kappa shape index (κ3) is 2.51. The molecule has 0 saturated heterocycles. The molecule has 0 fully saturated rings. The number of hydrogen-bond acceptors (Lipinski definition) is 2. The number of halogens is 1. The zero-order chi connectivity index (χ0) is 11.5. The molecule has 0 radical (unpaired) electrons. The minimum absolute atomic E-state index is 0.0406. The van der Waals surface area contributed by atoms with Crippen molar-refractivity contribution < 1.29 is 0 Å². The molecule has 0 amide bonds. The second-order valence-corrected chi connectivity index (χ2v) is 4.73. The van der Waals surface area contributed by atoms with Crippen LogP contribution in [-0.2, 0) is 6.42 Å². The maximum atomic E-state index is 6.15. The van der Waals surface area contributed by atoms with Gasteiger partial charge in [0.2, 0.25) is 0 Å². The van der Waals surface area contributed by atoms with Crippen molar-refractivity contribution in [3.05, 3.63) is 52.0 Å². The van der Waals surface area contributed by atoms with Crippen molar-refractivity contribution in [2.75, 3.05) is 0 Å². The topological polar surface area (TPSA) is 54.7 Å². The number of benzene rings is 1. The standard InChI is InChI=1S/C12H14BrN3/c1-8-2-3-9(10(13)6-8)11(14)7-12-15-4-5-16-12/h2-6,11H,7,14H2,1H3,(H,15,16). The highest BCUT2D eigenvalue weighted by Gasteiger charge is 2.11. The van der Waals surface area contributed by atoms with Gasteiger partial charge in [-0.1, -0.05) is 28.1 Å². The molecule has 4 heteroatoms. The average molecular weight is 280 g/mol. The summed E-state index contributed by atoms with van der Waals surface area (Å²) in [6, 6.07) is 6.17. The average Bonchev–Trinajstić information content (AvgIpc) is 2.70. The lowest BCUT2D eigenvalue weighted by atomic mass is 10.0. The van der Waals surface area contributed by atoms with E-state index in [4.69, 9.17) is 5.73 Å². The van der Waals surface area contributed by atoms with Gasteiger partial charge >= 0.3 is 0 Å². The predicted molar refractivity (Wildman–Crippen MR) is 68.1 cm³/mol. The zero-order valence-electron chi connectivity index (χ0n) is 9.07. The summed E-state index contributed by atoms with van der Waals surface area (Å²) in [5, 5.41) is 0. The maximum Gasteiger partial charge on any atom is 0.107 e. The Kier molecular flexibility index (Phi) is 3.41. The molecule has 1 aromatic carbocycles. The highest BCUT2D eigenvalue weighted by molar-refractivity contribution is 9.10. The van der Waals surface area contributed by atoms with Gasteiger partial charge in [-0.05, 0) is 24.1 Å². The summed E-state index contributed by atoms with van der Waals surface area (Å²) < 4.78 is 1.06. The Balaban J connectivity index is 2.17. The van der Waals surface area contributed by atoms with Crippen molar-refractivity contribution in [1.82, 2.24) is 9.97 Å². The fraction of sp³-hybridized carbons (Fsp3) is 0.250. The summed E-state index contributed by atoms with van der Waals surface area (Å²) in [5.74, 6) is 0.917. The highest BCUT2D eigenvalue weighted by atomic mass is 79.9. The number of imidazole rings is 1. The summed E-state index contributed by atoms with van der Waals surface area (Å²) in [5.41, 5.74) is 8.48. The van der Waals surface area contributed by atoms with Crippen LogP contribution in [0.15, 0.2) is 35.1 Å². The van der Waals surface area contributed by atoms with E-state index in [0.29, 0.717) is 6.42 Å². The normalized spacial score (nSPS) is 12.7. The number of nitrogens with two attached hydrogens (primary N) is 1. The van der Waals surface area contributed by atoms with Crippen molar-refractivity contribution in [1.29, 1.82) is 0 Å². The molecule has 16 heavy (non-hydrogen) atoms. The second kappa shape index (κ2) is 4.80. The van der Waals surface area contributed by atoms with E-state index >= 15 is 0 Å². The monoisotopic (exact) mass is 279 g/mol. The Morgan fingerprint density at radius 2 is 2.31 bits per heavy atom. The summed E-state index contributed by atoms with van der Waals surface area (Å²) >= 11 is 3.54. The number of aromatic amines is 1. The van der Waals surface area contributed by atoms with Crippen LogP contribution in [0.25, 0.3) is 0 Å². The lowest BCUT2D eigenvalue weighted by Crippen LogP contribution is -2.14. The number of nitrogens with zero attached hydrogens (tertiary/aromatic N) is 1. The van der Waals surface area contributed by atoms with Gasteiger partial charge in [0.15, 0.2) is 0 Å². The van der Waals surface area contributed by atoms with E-state index in [2.05, 4.69) is 51.0 Å². The molecule has 0 bridgehead atoms. The van der Waals surface area contributed by atoms with Gasteiger partial charge in [0.1, 0.15) is 5.82 Å². The summed E-state index contributed by atoms with van der Waals surface area (Å²) in [6.07, 6.45) is 4.27. The first-order valence-corrected chi connectivity index (χ1v) is 5.96. The van der Waals surface area contributed by atoms with Gasteiger partial charge in [0.05, 0.1) is 0 Å². The molecule has 1 heterocycles. The van der Waals surface area contributed by atoms with Crippen LogP contribution >= 0.6 is 15.9 Å². The van der Waals surface area contributed by atoms with Crippen LogP contribution < -0.4 is 5.73 Å². The van der Waals surface area contributed by atoms with Gasteiger partial charge in [0.25, 0.3) is 0 Å². The van der Waals surface area contributed by atoms with Crippen molar-refractivity contribution in [3.8, 4) is 0 Å². The Morgan fingerprint density at radius 1 is 1.50 bits per heavy atom. The van der Waals surface area contributed by atoms with Crippen LogP contribution in [0.3, 0.4) is 0 Å². The van der Waals surface area contributed by atoms with Crippen LogP contribution in [0.5, 0.6) is 0 Å². The molecule has 0 saturated carbocycles. The van der Waals surface area contributed by atoms with Crippen LogP contribution in [0.1, 0.15) is 23.0 Å². The minimum atomic E-state index is -0.0406. The van der Waals surface area contributed by atoms with E-state index in [0.717, 1.165) is 15.9 Å². The lowest BCUT2D eigenvalue weighted by Gasteiger charge is -2.13. The quantitative estimate of drug-likeness (QED) is 0.908. The van der Waals surface area contributed by atoms with Crippen molar-refractivity contribution in [2.45, 2.75) is 19.4 Å². The fourth-order valence-electron chi connectivity index (χ4n) is 1.66. The molecular weight excluding hydrogens is 266 g/mol. The van der Waals surface area contributed by atoms with Crippen LogP contribution in [0.2, 0.25) is 0 Å². The summed E-state index contributed by atoms with van der Waals surface area (Å²) in [6.45, 7) is 2.06. The number of nitrogens with one attached hydrogen (secondary N) is 1. The Hall–Kier alpha value is -1.13. The SMILES string of the molecule is Cc1ccc(C(N)Cc2ncc[nH]2)c(Br)c1. The predicted octanol–water partition coefficient (Wildman–Crippen LogP) is 2.72. The van der Waals surface area contributed by atoms with Gasteiger partial charge in [-0.3, -0.25) is 0 Å². The van der Waals surface area contributed by atoms with E-state index in [-0.39, 0.29) is 6.04 Å². The van der Waals surface area contributed by atoms with E-state index in [1.165, 1.54) is 5.56 Å². The number of H-pyrrole nitrogens is 1. The maximum absolute atomic E-state index is 6.15. The Labute approximate surface area is 103 Å². The molecule has 2 aromatic rings. The number of aryl methyl sites for hydroxylation is 1. The summed E-state index contributed by atoms with van der Waals surface area (Å²) in [7, 11) is 0. The molecule has 1 aromatic heterocycles. The smallest absolute Gasteiger partial charge is 0.107 e.